The molecule has 2 amide bonds. The van der Waals surface area contributed by atoms with E-state index in [0.717, 1.165) is 25.4 Å². The summed E-state index contributed by atoms with van der Waals surface area (Å²) in [5.41, 5.74) is 0. The zero-order valence-electron chi connectivity index (χ0n) is 11.2. The maximum Gasteiger partial charge on any atom is 0.327 e. The van der Waals surface area contributed by atoms with E-state index in [1.807, 2.05) is 0 Å². The molecule has 0 aromatic heterocycles. The van der Waals surface area contributed by atoms with Crippen LogP contribution >= 0.6 is 11.8 Å². The Morgan fingerprint density at radius 3 is 2.47 bits per heavy atom. The molecule has 2 saturated heterocycles. The van der Waals surface area contributed by atoms with Crippen molar-refractivity contribution < 1.29 is 14.7 Å². The third-order valence-electron chi connectivity index (χ3n) is 3.75. The molecule has 2 aliphatic rings. The van der Waals surface area contributed by atoms with Crippen LogP contribution in [0.15, 0.2) is 0 Å². The first-order valence-electron chi connectivity index (χ1n) is 6.72. The molecule has 2 fully saturated rings. The number of likely N-dealkylation sites (N-methyl/N-ethyl adjacent to an activating group) is 1. The molecule has 7 heteroatoms. The molecule has 0 bridgehead atoms. The second-order valence-electron chi connectivity index (χ2n) is 4.83. The van der Waals surface area contributed by atoms with Gasteiger partial charge in [-0.05, 0) is 6.54 Å². The van der Waals surface area contributed by atoms with Gasteiger partial charge in [0, 0.05) is 44.2 Å². The van der Waals surface area contributed by atoms with Gasteiger partial charge < -0.3 is 19.8 Å². The third kappa shape index (κ3) is 3.33. The Labute approximate surface area is 117 Å². The average molecular weight is 287 g/mol. The fourth-order valence-corrected chi connectivity index (χ4v) is 3.51. The Bertz CT molecular complexity index is 345. The summed E-state index contributed by atoms with van der Waals surface area (Å²) < 4.78 is 0. The van der Waals surface area contributed by atoms with Crippen molar-refractivity contribution in [3.05, 3.63) is 0 Å². The molecule has 6 nitrogen and oxygen atoms in total. The van der Waals surface area contributed by atoms with E-state index in [9.17, 15) is 14.7 Å². The van der Waals surface area contributed by atoms with Crippen molar-refractivity contribution in [3.8, 4) is 0 Å². The molecule has 0 saturated carbocycles. The summed E-state index contributed by atoms with van der Waals surface area (Å²) in [6, 6.07) is -0.779. The van der Waals surface area contributed by atoms with Crippen LogP contribution in [0.1, 0.15) is 6.92 Å². The van der Waals surface area contributed by atoms with Crippen molar-refractivity contribution in [1.29, 1.82) is 0 Å². The molecule has 2 rings (SSSR count). The zero-order chi connectivity index (χ0) is 13.8. The molecule has 2 aliphatic heterocycles. The Kier molecular flexibility index (Phi) is 4.93. The van der Waals surface area contributed by atoms with E-state index >= 15 is 0 Å². The number of rotatable bonds is 2. The van der Waals surface area contributed by atoms with Crippen molar-refractivity contribution in [2.24, 2.45) is 0 Å². The van der Waals surface area contributed by atoms with Crippen LogP contribution in [-0.2, 0) is 4.79 Å². The fourth-order valence-electron chi connectivity index (χ4n) is 2.47. The molecule has 108 valence electrons. The summed E-state index contributed by atoms with van der Waals surface area (Å²) in [5.74, 6) is 0.424. The van der Waals surface area contributed by atoms with E-state index in [1.54, 1.807) is 16.7 Å². The van der Waals surface area contributed by atoms with Gasteiger partial charge in [0.15, 0.2) is 0 Å². The van der Waals surface area contributed by atoms with Crippen LogP contribution in [-0.4, -0.2) is 88.6 Å². The maximum absolute atomic E-state index is 12.4. The fraction of sp³-hybridized carbons (Fsp3) is 0.833. The van der Waals surface area contributed by atoms with Crippen LogP contribution in [0, 0.1) is 0 Å². The Balaban J connectivity index is 1.96. The van der Waals surface area contributed by atoms with Crippen LogP contribution in [0.25, 0.3) is 0 Å². The standard InChI is InChI=1S/C12H21N3O3S/c1-2-13-3-5-14(6-4-13)12(18)15-7-8-19-9-10(15)11(16)17/h10H,2-9H2,1H3,(H,16,17). The molecule has 0 radical (unpaired) electrons. The van der Waals surface area contributed by atoms with Crippen LogP contribution in [0.4, 0.5) is 4.79 Å². The molecule has 19 heavy (non-hydrogen) atoms. The highest BCUT2D eigenvalue weighted by Crippen LogP contribution is 2.19. The molecule has 0 spiro atoms. The first kappa shape index (κ1) is 14.5. The van der Waals surface area contributed by atoms with Gasteiger partial charge >= 0.3 is 12.0 Å². The molecule has 1 unspecified atom stereocenters. The van der Waals surface area contributed by atoms with E-state index < -0.39 is 12.0 Å². The van der Waals surface area contributed by atoms with Crippen LogP contribution in [0.5, 0.6) is 0 Å². The number of amides is 2. The minimum absolute atomic E-state index is 0.108. The quantitative estimate of drug-likeness (QED) is 0.788. The molecule has 0 aromatic rings. The SMILES string of the molecule is CCN1CCN(C(=O)N2CCSCC2C(=O)O)CC1. The molecule has 1 N–H and O–H groups in total. The average Bonchev–Trinajstić information content (AvgIpc) is 2.46. The molecular weight excluding hydrogens is 266 g/mol. The summed E-state index contributed by atoms with van der Waals surface area (Å²) >= 11 is 1.60. The lowest BCUT2D eigenvalue weighted by Gasteiger charge is -2.40. The Morgan fingerprint density at radius 1 is 1.21 bits per heavy atom. The summed E-state index contributed by atoms with van der Waals surface area (Å²) in [6.45, 7) is 6.80. The summed E-state index contributed by atoms with van der Waals surface area (Å²) in [7, 11) is 0. The normalized spacial score (nSPS) is 25.4. The van der Waals surface area contributed by atoms with Gasteiger partial charge in [0.1, 0.15) is 6.04 Å². The number of carbonyl (C=O) groups is 2. The van der Waals surface area contributed by atoms with E-state index in [4.69, 9.17) is 0 Å². The number of hydrogen-bond acceptors (Lipinski definition) is 4. The van der Waals surface area contributed by atoms with E-state index in [-0.39, 0.29) is 6.03 Å². The van der Waals surface area contributed by atoms with Gasteiger partial charge in [-0.3, -0.25) is 0 Å². The van der Waals surface area contributed by atoms with Gasteiger partial charge in [-0.2, -0.15) is 11.8 Å². The Hall–Kier alpha value is -0.950. The lowest BCUT2D eigenvalue weighted by Crippen LogP contribution is -2.58. The second kappa shape index (κ2) is 6.47. The topological polar surface area (TPSA) is 64.1 Å². The number of hydrogen-bond donors (Lipinski definition) is 1. The van der Waals surface area contributed by atoms with Gasteiger partial charge in [-0.1, -0.05) is 6.92 Å². The largest absolute Gasteiger partial charge is 0.480 e. The summed E-state index contributed by atoms with van der Waals surface area (Å²) in [5, 5.41) is 9.20. The zero-order valence-corrected chi connectivity index (χ0v) is 12.1. The highest BCUT2D eigenvalue weighted by Gasteiger charge is 2.35. The van der Waals surface area contributed by atoms with E-state index in [1.165, 1.54) is 4.90 Å². The predicted molar refractivity (Wildman–Crippen MR) is 74.5 cm³/mol. The highest BCUT2D eigenvalue weighted by atomic mass is 32.2. The summed E-state index contributed by atoms with van der Waals surface area (Å²) in [4.78, 5) is 29.3. The lowest BCUT2D eigenvalue weighted by molar-refractivity contribution is -0.141. The number of carboxylic acids is 1. The minimum Gasteiger partial charge on any atom is -0.480 e. The van der Waals surface area contributed by atoms with Gasteiger partial charge in [0.2, 0.25) is 0 Å². The lowest BCUT2D eigenvalue weighted by atomic mass is 10.2. The first-order chi connectivity index (χ1) is 9.13. The number of aliphatic carboxylic acids is 1. The minimum atomic E-state index is -0.896. The number of urea groups is 1. The maximum atomic E-state index is 12.4. The van der Waals surface area contributed by atoms with Crippen LogP contribution < -0.4 is 0 Å². The van der Waals surface area contributed by atoms with E-state index in [2.05, 4.69) is 11.8 Å². The molecule has 1 atom stereocenters. The second-order valence-corrected chi connectivity index (χ2v) is 5.98. The molecule has 2 heterocycles. The first-order valence-corrected chi connectivity index (χ1v) is 7.87. The molecular formula is C12H21N3O3S. The van der Waals surface area contributed by atoms with Crippen molar-refractivity contribution in [2.75, 3.05) is 50.8 Å². The van der Waals surface area contributed by atoms with Gasteiger partial charge in [0.25, 0.3) is 0 Å². The molecule has 0 aliphatic carbocycles. The van der Waals surface area contributed by atoms with Crippen molar-refractivity contribution in [1.82, 2.24) is 14.7 Å². The van der Waals surface area contributed by atoms with E-state index in [0.29, 0.717) is 25.4 Å². The summed E-state index contributed by atoms with van der Waals surface area (Å²) in [6.07, 6.45) is 0. The molecule has 0 aromatic carbocycles. The van der Waals surface area contributed by atoms with Crippen LogP contribution in [0.2, 0.25) is 0 Å². The predicted octanol–water partition coefficient (Wildman–Crippen LogP) is 0.246. The monoisotopic (exact) mass is 287 g/mol. The Morgan fingerprint density at radius 2 is 1.89 bits per heavy atom. The number of carbonyl (C=O) groups excluding carboxylic acids is 1. The van der Waals surface area contributed by atoms with Gasteiger partial charge in [0.05, 0.1) is 0 Å². The van der Waals surface area contributed by atoms with Crippen molar-refractivity contribution in [2.45, 2.75) is 13.0 Å². The number of carboxylic acid groups (broad SMARTS) is 1. The number of piperazine rings is 1. The number of nitrogens with zero attached hydrogens (tertiary/aromatic N) is 3. The smallest absolute Gasteiger partial charge is 0.327 e. The van der Waals surface area contributed by atoms with Gasteiger partial charge in [-0.15, -0.1) is 0 Å². The van der Waals surface area contributed by atoms with Gasteiger partial charge in [-0.25, -0.2) is 9.59 Å². The third-order valence-corrected chi connectivity index (χ3v) is 4.77. The van der Waals surface area contributed by atoms with Crippen molar-refractivity contribution in [3.63, 3.8) is 0 Å². The number of thioether (sulfide) groups is 1. The van der Waals surface area contributed by atoms with Crippen molar-refractivity contribution >= 4 is 23.8 Å². The highest BCUT2D eigenvalue weighted by molar-refractivity contribution is 7.99. The van der Waals surface area contributed by atoms with Crippen LogP contribution in [0.3, 0.4) is 0 Å².